The molecule has 0 fully saturated rings. The van der Waals surface area contributed by atoms with E-state index in [4.69, 9.17) is 23.2 Å². The van der Waals surface area contributed by atoms with Gasteiger partial charge in [-0.3, -0.25) is 19.6 Å². The second-order valence-electron chi connectivity index (χ2n) is 5.45. The normalized spacial score (nSPS) is 10.6. The number of nitro benzene ring substituents is 1. The van der Waals surface area contributed by atoms with Gasteiger partial charge in [-0.15, -0.1) is 0 Å². The van der Waals surface area contributed by atoms with Crippen LogP contribution in [0.5, 0.6) is 0 Å². The van der Waals surface area contributed by atoms with E-state index in [0.29, 0.717) is 0 Å². The summed E-state index contributed by atoms with van der Waals surface area (Å²) < 4.78 is 15.2. The van der Waals surface area contributed by atoms with Crippen LogP contribution in [0.15, 0.2) is 48.7 Å². The van der Waals surface area contributed by atoms with Crippen molar-refractivity contribution < 1.29 is 14.1 Å². The molecule has 7 nitrogen and oxygen atoms in total. The number of aromatic nitrogens is 2. The van der Waals surface area contributed by atoms with Gasteiger partial charge in [-0.05, 0) is 18.2 Å². The van der Waals surface area contributed by atoms with Gasteiger partial charge >= 0.3 is 0 Å². The van der Waals surface area contributed by atoms with Gasteiger partial charge in [-0.1, -0.05) is 41.4 Å². The molecule has 0 atom stereocenters. The van der Waals surface area contributed by atoms with Crippen molar-refractivity contribution in [3.8, 4) is 0 Å². The van der Waals surface area contributed by atoms with Gasteiger partial charge in [-0.2, -0.15) is 5.10 Å². The molecule has 2 aromatic carbocycles. The molecular weight excluding hydrogens is 398 g/mol. The zero-order valence-electron chi connectivity index (χ0n) is 13.5. The third kappa shape index (κ3) is 4.07. The summed E-state index contributed by atoms with van der Waals surface area (Å²) >= 11 is 12.1. The molecule has 1 heterocycles. The molecule has 27 heavy (non-hydrogen) atoms. The first kappa shape index (κ1) is 18.8. The number of para-hydroxylation sites is 1. The first-order chi connectivity index (χ1) is 12.9. The molecule has 0 radical (unpaired) electrons. The fourth-order valence-corrected chi connectivity index (χ4v) is 2.83. The summed E-state index contributed by atoms with van der Waals surface area (Å²) in [6.45, 7) is -0.00736. The number of benzene rings is 2. The number of carbonyl (C=O) groups is 1. The molecule has 138 valence electrons. The smallest absolute Gasteiger partial charge is 0.282 e. The highest BCUT2D eigenvalue weighted by Gasteiger charge is 2.21. The van der Waals surface area contributed by atoms with E-state index < -0.39 is 16.6 Å². The minimum Gasteiger partial charge on any atom is -0.304 e. The van der Waals surface area contributed by atoms with Crippen LogP contribution in [0.4, 0.5) is 15.9 Å². The molecular formula is C17H11Cl2FN4O3. The molecule has 1 aromatic heterocycles. The highest BCUT2D eigenvalue weighted by molar-refractivity contribution is 6.33. The standard InChI is InChI=1S/C17H11Cl2FN4O3/c18-12-5-3-6-14(20)11(12)8-23-9-13(19)16(22-23)21-17(25)10-4-1-2-7-15(10)24(26)27/h1-7,9H,8H2,(H,21,22,25). The lowest BCUT2D eigenvalue weighted by Crippen LogP contribution is -2.15. The Morgan fingerprint density at radius 3 is 2.63 bits per heavy atom. The summed E-state index contributed by atoms with van der Waals surface area (Å²) in [6, 6.07) is 9.78. The molecule has 0 saturated carbocycles. The van der Waals surface area contributed by atoms with Crippen LogP contribution in [0.2, 0.25) is 10.0 Å². The van der Waals surface area contributed by atoms with Crippen molar-refractivity contribution in [2.75, 3.05) is 5.32 Å². The Balaban J connectivity index is 1.83. The molecule has 3 rings (SSSR count). The largest absolute Gasteiger partial charge is 0.304 e. The van der Waals surface area contributed by atoms with Crippen molar-refractivity contribution in [2.45, 2.75) is 6.54 Å². The van der Waals surface area contributed by atoms with Crippen LogP contribution in [-0.2, 0) is 6.54 Å². The Kier molecular flexibility index (Phi) is 5.38. The van der Waals surface area contributed by atoms with Crippen molar-refractivity contribution in [1.29, 1.82) is 0 Å². The van der Waals surface area contributed by atoms with Gasteiger partial charge in [0, 0.05) is 22.8 Å². The predicted molar refractivity (Wildman–Crippen MR) is 98.8 cm³/mol. The van der Waals surface area contributed by atoms with Gasteiger partial charge in [0.05, 0.1) is 11.5 Å². The molecule has 0 aliphatic carbocycles. The van der Waals surface area contributed by atoms with Crippen LogP contribution in [0.3, 0.4) is 0 Å². The lowest BCUT2D eigenvalue weighted by molar-refractivity contribution is -0.385. The zero-order valence-corrected chi connectivity index (χ0v) is 15.0. The second-order valence-corrected chi connectivity index (χ2v) is 6.27. The molecule has 0 unspecified atom stereocenters. The fourth-order valence-electron chi connectivity index (χ4n) is 2.41. The molecule has 0 aliphatic rings. The van der Waals surface area contributed by atoms with Gasteiger partial charge in [0.2, 0.25) is 0 Å². The van der Waals surface area contributed by atoms with Gasteiger partial charge in [0.25, 0.3) is 11.6 Å². The molecule has 3 aromatic rings. The van der Waals surface area contributed by atoms with Crippen molar-refractivity contribution in [3.63, 3.8) is 0 Å². The van der Waals surface area contributed by atoms with E-state index in [1.165, 1.54) is 47.3 Å². The van der Waals surface area contributed by atoms with Gasteiger partial charge in [0.1, 0.15) is 16.4 Å². The fraction of sp³-hybridized carbons (Fsp3) is 0.0588. The topological polar surface area (TPSA) is 90.1 Å². The SMILES string of the molecule is O=C(Nc1nn(Cc2c(F)cccc2Cl)cc1Cl)c1ccccc1[N+](=O)[O-]. The molecule has 0 bridgehead atoms. The first-order valence-electron chi connectivity index (χ1n) is 7.57. The Labute approximate surface area is 162 Å². The van der Waals surface area contributed by atoms with E-state index in [0.717, 1.165) is 0 Å². The number of hydrogen-bond donors (Lipinski definition) is 1. The van der Waals surface area contributed by atoms with Crippen molar-refractivity contribution >= 4 is 40.6 Å². The molecule has 1 N–H and O–H groups in total. The Morgan fingerprint density at radius 2 is 1.93 bits per heavy atom. The number of hydrogen-bond acceptors (Lipinski definition) is 4. The maximum atomic E-state index is 13.9. The van der Waals surface area contributed by atoms with Crippen LogP contribution >= 0.6 is 23.2 Å². The second kappa shape index (κ2) is 7.73. The molecule has 0 aliphatic heterocycles. The minimum atomic E-state index is -0.738. The van der Waals surface area contributed by atoms with E-state index in [-0.39, 0.29) is 39.2 Å². The number of nitrogens with zero attached hydrogens (tertiary/aromatic N) is 3. The van der Waals surface area contributed by atoms with Crippen LogP contribution < -0.4 is 5.32 Å². The molecule has 0 spiro atoms. The van der Waals surface area contributed by atoms with Crippen molar-refractivity contribution in [1.82, 2.24) is 9.78 Å². The summed E-state index contributed by atoms with van der Waals surface area (Å²) in [6.07, 6.45) is 1.39. The maximum absolute atomic E-state index is 13.9. The van der Waals surface area contributed by atoms with E-state index in [9.17, 15) is 19.3 Å². The van der Waals surface area contributed by atoms with Crippen LogP contribution in [0.25, 0.3) is 0 Å². The number of halogens is 3. The highest BCUT2D eigenvalue weighted by atomic mass is 35.5. The lowest BCUT2D eigenvalue weighted by Gasteiger charge is -2.06. The summed E-state index contributed by atoms with van der Waals surface area (Å²) in [7, 11) is 0. The third-order valence-electron chi connectivity index (χ3n) is 3.68. The van der Waals surface area contributed by atoms with E-state index >= 15 is 0 Å². The van der Waals surface area contributed by atoms with E-state index in [1.807, 2.05) is 0 Å². The Morgan fingerprint density at radius 1 is 1.19 bits per heavy atom. The Bertz CT molecular complexity index is 1020. The highest BCUT2D eigenvalue weighted by Crippen LogP contribution is 2.25. The third-order valence-corrected chi connectivity index (χ3v) is 4.31. The van der Waals surface area contributed by atoms with E-state index in [1.54, 1.807) is 6.07 Å². The average molecular weight is 409 g/mol. The number of amides is 1. The quantitative estimate of drug-likeness (QED) is 0.495. The lowest BCUT2D eigenvalue weighted by atomic mass is 10.1. The number of nitro groups is 1. The van der Waals surface area contributed by atoms with Gasteiger partial charge in [0.15, 0.2) is 5.82 Å². The molecule has 10 heteroatoms. The average Bonchev–Trinajstić information content (AvgIpc) is 2.97. The van der Waals surface area contributed by atoms with Crippen LogP contribution in [0, 0.1) is 15.9 Å². The van der Waals surface area contributed by atoms with Crippen LogP contribution in [-0.4, -0.2) is 20.6 Å². The minimum absolute atomic E-state index is 0.00715. The van der Waals surface area contributed by atoms with Crippen molar-refractivity contribution in [2.24, 2.45) is 0 Å². The summed E-state index contributed by atoms with van der Waals surface area (Å²) in [5.74, 6) is -1.25. The van der Waals surface area contributed by atoms with Crippen LogP contribution in [0.1, 0.15) is 15.9 Å². The van der Waals surface area contributed by atoms with Gasteiger partial charge in [-0.25, -0.2) is 4.39 Å². The summed E-state index contributed by atoms with van der Waals surface area (Å²) in [5.41, 5.74) is -0.260. The number of rotatable bonds is 5. The predicted octanol–water partition coefficient (Wildman–Crippen LogP) is 4.54. The summed E-state index contributed by atoms with van der Waals surface area (Å²) in [4.78, 5) is 22.8. The number of nitrogens with one attached hydrogen (secondary N) is 1. The van der Waals surface area contributed by atoms with Crippen molar-refractivity contribution in [3.05, 3.63) is 85.8 Å². The molecule has 1 amide bonds. The van der Waals surface area contributed by atoms with Gasteiger partial charge < -0.3 is 5.32 Å². The zero-order chi connectivity index (χ0) is 19.6. The molecule has 0 saturated heterocycles. The summed E-state index contributed by atoms with van der Waals surface area (Å²) in [5, 5.41) is 17.9. The monoisotopic (exact) mass is 408 g/mol. The first-order valence-corrected chi connectivity index (χ1v) is 8.33. The number of carbonyl (C=O) groups excluding carboxylic acids is 1. The maximum Gasteiger partial charge on any atom is 0.282 e. The Hall–Kier alpha value is -2.97. The van der Waals surface area contributed by atoms with E-state index in [2.05, 4.69) is 10.4 Å². The number of anilines is 1.